The van der Waals surface area contributed by atoms with Gasteiger partial charge < -0.3 is 5.32 Å². The van der Waals surface area contributed by atoms with Crippen molar-refractivity contribution in [2.24, 2.45) is 0 Å². The molecular formula is C18H17N3O3S2. The van der Waals surface area contributed by atoms with Crippen molar-refractivity contribution in [3.05, 3.63) is 57.1 Å². The van der Waals surface area contributed by atoms with Crippen molar-refractivity contribution in [2.45, 2.75) is 19.8 Å². The number of carbonyl (C=O) groups is 1. The van der Waals surface area contributed by atoms with E-state index in [1.54, 1.807) is 23.1 Å². The molecule has 2 heterocycles. The highest BCUT2D eigenvalue weighted by Gasteiger charge is 2.29. The molecule has 1 aromatic carbocycles. The fourth-order valence-electron chi connectivity index (χ4n) is 2.59. The molecule has 1 amide bonds. The van der Waals surface area contributed by atoms with Crippen LogP contribution in [0.1, 0.15) is 24.6 Å². The molecule has 0 bridgehead atoms. The van der Waals surface area contributed by atoms with E-state index in [1.807, 2.05) is 18.2 Å². The number of unbranched alkanes of at least 4 members (excludes halogenated alkanes) is 1. The zero-order valence-electron chi connectivity index (χ0n) is 14.1. The van der Waals surface area contributed by atoms with Gasteiger partial charge >= 0.3 is 0 Å². The topological polar surface area (TPSA) is 75.5 Å². The molecule has 2 aromatic rings. The van der Waals surface area contributed by atoms with Crippen molar-refractivity contribution in [1.29, 1.82) is 0 Å². The SMILES string of the molecule is CCCCN1C(=O)/C(=C\c2ccc(-c3cccc([N+](=O)[O-])c3)s2)NC1=S. The smallest absolute Gasteiger partial charge is 0.276 e. The van der Waals surface area contributed by atoms with E-state index >= 15 is 0 Å². The van der Waals surface area contributed by atoms with Crippen molar-refractivity contribution in [3.63, 3.8) is 0 Å². The molecule has 134 valence electrons. The van der Waals surface area contributed by atoms with Gasteiger partial charge in [-0.2, -0.15) is 0 Å². The first-order chi connectivity index (χ1) is 12.5. The number of thiocarbonyl (C=S) groups is 1. The van der Waals surface area contributed by atoms with Crippen LogP contribution in [0.15, 0.2) is 42.1 Å². The number of hydrogen-bond acceptors (Lipinski definition) is 5. The van der Waals surface area contributed by atoms with Gasteiger partial charge in [-0.15, -0.1) is 11.3 Å². The maximum atomic E-state index is 12.5. The molecule has 0 aliphatic carbocycles. The second kappa shape index (κ2) is 7.76. The average Bonchev–Trinajstić information content (AvgIpc) is 3.19. The monoisotopic (exact) mass is 387 g/mol. The highest BCUT2D eigenvalue weighted by atomic mass is 32.1. The minimum Gasteiger partial charge on any atom is -0.328 e. The fraction of sp³-hybridized carbons (Fsp3) is 0.222. The molecule has 1 aliphatic heterocycles. The van der Waals surface area contributed by atoms with Gasteiger partial charge in [0, 0.05) is 28.4 Å². The van der Waals surface area contributed by atoms with E-state index in [-0.39, 0.29) is 11.6 Å². The van der Waals surface area contributed by atoms with E-state index < -0.39 is 4.92 Å². The molecular weight excluding hydrogens is 370 g/mol. The molecule has 6 nitrogen and oxygen atoms in total. The van der Waals surface area contributed by atoms with Gasteiger partial charge in [0.15, 0.2) is 5.11 Å². The Balaban J connectivity index is 1.81. The normalized spacial score (nSPS) is 15.6. The van der Waals surface area contributed by atoms with Crippen LogP contribution in [0.3, 0.4) is 0 Å². The molecule has 1 fully saturated rings. The van der Waals surface area contributed by atoms with Crippen LogP contribution in [0.25, 0.3) is 16.5 Å². The van der Waals surface area contributed by atoms with E-state index in [2.05, 4.69) is 12.2 Å². The van der Waals surface area contributed by atoms with Gasteiger partial charge in [0.1, 0.15) is 5.70 Å². The van der Waals surface area contributed by atoms with Gasteiger partial charge in [-0.3, -0.25) is 19.8 Å². The van der Waals surface area contributed by atoms with Crippen molar-refractivity contribution in [1.82, 2.24) is 10.2 Å². The van der Waals surface area contributed by atoms with Crippen LogP contribution in [0.2, 0.25) is 0 Å². The van der Waals surface area contributed by atoms with Crippen LogP contribution in [0.4, 0.5) is 5.69 Å². The lowest BCUT2D eigenvalue weighted by Crippen LogP contribution is -2.31. The lowest BCUT2D eigenvalue weighted by molar-refractivity contribution is -0.384. The number of benzene rings is 1. The average molecular weight is 387 g/mol. The molecule has 26 heavy (non-hydrogen) atoms. The van der Waals surface area contributed by atoms with Gasteiger partial charge in [-0.05, 0) is 42.4 Å². The summed E-state index contributed by atoms with van der Waals surface area (Å²) in [7, 11) is 0. The molecule has 1 aliphatic rings. The van der Waals surface area contributed by atoms with E-state index in [1.165, 1.54) is 17.4 Å². The summed E-state index contributed by atoms with van der Waals surface area (Å²) in [6.45, 7) is 2.68. The number of thiophene rings is 1. The summed E-state index contributed by atoms with van der Waals surface area (Å²) >= 11 is 6.70. The lowest BCUT2D eigenvalue weighted by atomic mass is 10.1. The molecule has 0 saturated carbocycles. The Kier molecular flexibility index (Phi) is 5.43. The van der Waals surface area contributed by atoms with Crippen LogP contribution in [0, 0.1) is 10.1 Å². The fourth-order valence-corrected chi connectivity index (χ4v) is 3.82. The lowest BCUT2D eigenvalue weighted by Gasteiger charge is -2.12. The largest absolute Gasteiger partial charge is 0.328 e. The van der Waals surface area contributed by atoms with Crippen LogP contribution in [-0.4, -0.2) is 27.4 Å². The van der Waals surface area contributed by atoms with Gasteiger partial charge in [-0.1, -0.05) is 25.5 Å². The Labute approximate surface area is 160 Å². The maximum absolute atomic E-state index is 12.5. The Morgan fingerprint density at radius 1 is 1.35 bits per heavy atom. The first-order valence-electron chi connectivity index (χ1n) is 8.19. The third-order valence-electron chi connectivity index (χ3n) is 3.95. The first kappa shape index (κ1) is 18.2. The summed E-state index contributed by atoms with van der Waals surface area (Å²) in [5.74, 6) is -0.117. The Morgan fingerprint density at radius 3 is 2.88 bits per heavy atom. The third kappa shape index (κ3) is 3.81. The second-order valence-corrected chi connectivity index (χ2v) is 7.31. The Bertz CT molecular complexity index is 905. The highest BCUT2D eigenvalue weighted by molar-refractivity contribution is 7.80. The summed E-state index contributed by atoms with van der Waals surface area (Å²) in [4.78, 5) is 26.3. The van der Waals surface area contributed by atoms with Crippen LogP contribution >= 0.6 is 23.6 Å². The zero-order chi connectivity index (χ0) is 18.7. The molecule has 1 aromatic heterocycles. The summed E-state index contributed by atoms with van der Waals surface area (Å²) in [6.07, 6.45) is 3.66. The van der Waals surface area contributed by atoms with Crippen LogP contribution in [0.5, 0.6) is 0 Å². The summed E-state index contributed by atoms with van der Waals surface area (Å²) in [6, 6.07) is 10.3. The number of rotatable bonds is 6. The Hall–Kier alpha value is -2.58. The predicted octanol–water partition coefficient (Wildman–Crippen LogP) is 4.18. The van der Waals surface area contributed by atoms with E-state index in [4.69, 9.17) is 12.2 Å². The number of hydrogen-bond donors (Lipinski definition) is 1. The summed E-state index contributed by atoms with van der Waals surface area (Å²) < 4.78 is 0. The number of nitrogens with zero attached hydrogens (tertiary/aromatic N) is 2. The molecule has 0 atom stereocenters. The maximum Gasteiger partial charge on any atom is 0.276 e. The molecule has 0 spiro atoms. The van der Waals surface area contributed by atoms with E-state index in [0.717, 1.165) is 28.2 Å². The minimum absolute atomic E-state index is 0.0559. The van der Waals surface area contributed by atoms with Gasteiger partial charge in [-0.25, -0.2) is 0 Å². The van der Waals surface area contributed by atoms with Crippen molar-refractivity contribution >= 4 is 46.3 Å². The van der Waals surface area contributed by atoms with Crippen LogP contribution in [-0.2, 0) is 4.79 Å². The predicted molar refractivity (Wildman–Crippen MR) is 107 cm³/mol. The number of nitro benzene ring substituents is 1. The Morgan fingerprint density at radius 2 is 2.15 bits per heavy atom. The van der Waals surface area contributed by atoms with Gasteiger partial charge in [0.25, 0.3) is 11.6 Å². The zero-order valence-corrected chi connectivity index (χ0v) is 15.7. The molecule has 0 radical (unpaired) electrons. The number of nitrogens with one attached hydrogen (secondary N) is 1. The number of non-ortho nitro benzene ring substituents is 1. The molecule has 1 saturated heterocycles. The molecule has 3 rings (SSSR count). The first-order valence-corrected chi connectivity index (χ1v) is 9.41. The van der Waals surface area contributed by atoms with Gasteiger partial charge in [0.05, 0.1) is 4.92 Å². The van der Waals surface area contributed by atoms with Crippen LogP contribution < -0.4 is 5.32 Å². The number of carbonyl (C=O) groups excluding carboxylic acids is 1. The molecule has 0 unspecified atom stereocenters. The molecule has 8 heteroatoms. The molecule has 1 N–H and O–H groups in total. The minimum atomic E-state index is -0.410. The number of nitro groups is 1. The third-order valence-corrected chi connectivity index (χ3v) is 5.36. The standard InChI is InChI=1S/C18H17N3O3S2/c1-2-3-9-20-17(22)15(19-18(20)25)11-14-7-8-16(26-14)12-5-4-6-13(10-12)21(23)24/h4-8,10-11H,2-3,9H2,1H3,(H,19,25)/b15-11+. The quantitative estimate of drug-likeness (QED) is 0.348. The van der Waals surface area contributed by atoms with Crippen molar-refractivity contribution in [3.8, 4) is 10.4 Å². The van der Waals surface area contributed by atoms with Gasteiger partial charge in [0.2, 0.25) is 0 Å². The number of amides is 1. The van der Waals surface area contributed by atoms with Crippen molar-refractivity contribution < 1.29 is 9.72 Å². The van der Waals surface area contributed by atoms with E-state index in [9.17, 15) is 14.9 Å². The second-order valence-electron chi connectivity index (χ2n) is 5.81. The summed E-state index contributed by atoms with van der Waals surface area (Å²) in [5, 5.41) is 14.3. The highest BCUT2D eigenvalue weighted by Crippen LogP contribution is 2.31. The summed E-state index contributed by atoms with van der Waals surface area (Å²) in [5.41, 5.74) is 1.29. The van der Waals surface area contributed by atoms with Crippen molar-refractivity contribution in [2.75, 3.05) is 6.54 Å². The van der Waals surface area contributed by atoms with E-state index in [0.29, 0.717) is 17.4 Å².